The Hall–Kier alpha value is -2.66. The Kier molecular flexibility index (Phi) is 3.16. The number of benzene rings is 2. The van der Waals surface area contributed by atoms with Crippen LogP contribution in [0.5, 0.6) is 0 Å². The molecule has 1 N–H and O–H groups in total. The Labute approximate surface area is 136 Å². The third-order valence-electron chi connectivity index (χ3n) is 3.86. The van der Waals surface area contributed by atoms with Crippen molar-refractivity contribution in [3.63, 3.8) is 0 Å². The van der Waals surface area contributed by atoms with Crippen molar-refractivity contribution in [2.75, 3.05) is 5.75 Å². The minimum Gasteiger partial charge on any atom is -0.332 e. The molecule has 0 spiro atoms. The van der Waals surface area contributed by atoms with Crippen LogP contribution in [0.1, 0.15) is 31.8 Å². The highest BCUT2D eigenvalue weighted by molar-refractivity contribution is 7.99. The van der Waals surface area contributed by atoms with Gasteiger partial charge in [0, 0.05) is 22.4 Å². The van der Waals surface area contributed by atoms with E-state index in [2.05, 4.69) is 16.5 Å². The summed E-state index contributed by atoms with van der Waals surface area (Å²) in [6.07, 6.45) is 1.79. The Morgan fingerprint density at radius 2 is 1.78 bits per heavy atom. The monoisotopic (exact) mass is 320 g/mol. The van der Waals surface area contributed by atoms with Crippen LogP contribution in [0.15, 0.2) is 54.2 Å². The lowest BCUT2D eigenvalue weighted by Crippen LogP contribution is -2.21. The maximum absolute atomic E-state index is 12.9. The molecule has 1 aliphatic carbocycles. The van der Waals surface area contributed by atoms with E-state index in [1.807, 2.05) is 0 Å². The third kappa shape index (κ3) is 2.04. The molecule has 0 unspecified atom stereocenters. The lowest BCUT2D eigenvalue weighted by Gasteiger charge is -2.17. The average Bonchev–Trinajstić information content (AvgIpc) is 3.00. The number of thioether (sulfide) groups is 1. The maximum atomic E-state index is 12.9. The molecular formula is C18H12N2O2S. The molecule has 0 amide bonds. The summed E-state index contributed by atoms with van der Waals surface area (Å²) in [6, 6.07) is 10.4. The molecule has 0 saturated heterocycles. The van der Waals surface area contributed by atoms with Gasteiger partial charge in [0.15, 0.2) is 16.7 Å². The average molecular weight is 320 g/mol. The van der Waals surface area contributed by atoms with E-state index in [4.69, 9.17) is 0 Å². The van der Waals surface area contributed by atoms with Gasteiger partial charge in [0.25, 0.3) is 0 Å². The number of hydrogen-bond donors (Lipinski definition) is 1. The number of ketones is 2. The molecule has 4 rings (SSSR count). The van der Waals surface area contributed by atoms with Gasteiger partial charge in [0.05, 0.1) is 16.6 Å². The van der Waals surface area contributed by atoms with E-state index in [1.165, 1.54) is 11.8 Å². The summed E-state index contributed by atoms with van der Waals surface area (Å²) in [5.74, 6) is 0.467. The van der Waals surface area contributed by atoms with E-state index >= 15 is 0 Å². The van der Waals surface area contributed by atoms with Crippen molar-refractivity contribution in [1.29, 1.82) is 0 Å². The highest BCUT2D eigenvalue weighted by Gasteiger charge is 2.31. The van der Waals surface area contributed by atoms with E-state index in [1.54, 1.807) is 42.5 Å². The molecule has 1 heterocycles. The molecule has 0 atom stereocenters. The number of aromatic amines is 1. The second-order valence-electron chi connectivity index (χ2n) is 5.23. The highest BCUT2D eigenvalue weighted by atomic mass is 32.2. The molecule has 1 aromatic heterocycles. The second-order valence-corrected chi connectivity index (χ2v) is 6.24. The highest BCUT2D eigenvalue weighted by Crippen LogP contribution is 2.32. The predicted molar refractivity (Wildman–Crippen MR) is 90.3 cm³/mol. The number of hydrogen-bond acceptors (Lipinski definition) is 4. The zero-order valence-electron chi connectivity index (χ0n) is 12.1. The number of nitrogens with one attached hydrogen (secondary N) is 1. The van der Waals surface area contributed by atoms with Gasteiger partial charge in [0.1, 0.15) is 0 Å². The molecule has 0 radical (unpaired) electrons. The summed E-state index contributed by atoms with van der Waals surface area (Å²) in [5, 5.41) is 0.715. The van der Waals surface area contributed by atoms with Gasteiger partial charge in [-0.15, -0.1) is 6.58 Å². The van der Waals surface area contributed by atoms with Crippen molar-refractivity contribution in [3.8, 4) is 0 Å². The van der Waals surface area contributed by atoms with E-state index in [0.717, 1.165) is 5.75 Å². The van der Waals surface area contributed by atoms with Crippen LogP contribution >= 0.6 is 11.8 Å². The fourth-order valence-electron chi connectivity index (χ4n) is 2.85. The number of carbonyl (C=O) groups is 2. The standard InChI is InChI=1S/C18H12N2O2S/c1-2-9-23-18-19-13-8-7-12-14(15(13)20-18)17(22)11-6-4-3-5-10(11)16(12)21/h2-8H,1,9H2,(H,19,20). The molecule has 3 aromatic rings. The topological polar surface area (TPSA) is 62.8 Å². The predicted octanol–water partition coefficient (Wildman–Crippen LogP) is 3.62. The van der Waals surface area contributed by atoms with Crippen molar-refractivity contribution >= 4 is 34.4 Å². The molecule has 2 aromatic carbocycles. The van der Waals surface area contributed by atoms with Gasteiger partial charge in [-0.3, -0.25) is 9.59 Å². The summed E-state index contributed by atoms with van der Waals surface area (Å²) in [7, 11) is 0. The first-order valence-corrected chi connectivity index (χ1v) is 8.14. The quantitative estimate of drug-likeness (QED) is 0.462. The van der Waals surface area contributed by atoms with Crippen LogP contribution in [-0.2, 0) is 0 Å². The number of nitrogens with zero attached hydrogens (tertiary/aromatic N) is 1. The molecule has 112 valence electrons. The molecule has 23 heavy (non-hydrogen) atoms. The largest absolute Gasteiger partial charge is 0.332 e. The molecular weight excluding hydrogens is 308 g/mol. The first-order chi connectivity index (χ1) is 11.2. The van der Waals surface area contributed by atoms with E-state index in [-0.39, 0.29) is 11.6 Å². The number of imidazole rings is 1. The normalized spacial score (nSPS) is 13.0. The van der Waals surface area contributed by atoms with Crippen LogP contribution < -0.4 is 0 Å². The van der Waals surface area contributed by atoms with Crippen LogP contribution in [0, 0.1) is 0 Å². The Morgan fingerprint density at radius 1 is 1.04 bits per heavy atom. The maximum Gasteiger partial charge on any atom is 0.196 e. The zero-order valence-corrected chi connectivity index (χ0v) is 12.9. The van der Waals surface area contributed by atoms with Crippen molar-refractivity contribution in [2.24, 2.45) is 0 Å². The van der Waals surface area contributed by atoms with Gasteiger partial charge in [0.2, 0.25) is 0 Å². The number of fused-ring (bicyclic) bond motifs is 4. The minimum absolute atomic E-state index is 0.119. The molecule has 1 aliphatic rings. The summed E-state index contributed by atoms with van der Waals surface area (Å²) >= 11 is 1.50. The molecule has 5 heteroatoms. The Morgan fingerprint density at radius 3 is 2.52 bits per heavy atom. The fraction of sp³-hybridized carbons (Fsp3) is 0.0556. The lowest BCUT2D eigenvalue weighted by atomic mass is 9.83. The van der Waals surface area contributed by atoms with Gasteiger partial charge in [-0.2, -0.15) is 0 Å². The van der Waals surface area contributed by atoms with E-state index < -0.39 is 0 Å². The minimum atomic E-state index is -0.135. The molecule has 0 fully saturated rings. The second kappa shape index (κ2) is 5.21. The van der Waals surface area contributed by atoms with Crippen LogP contribution in [0.3, 0.4) is 0 Å². The Bertz CT molecular complexity index is 988. The van der Waals surface area contributed by atoms with Crippen LogP contribution in [0.25, 0.3) is 11.0 Å². The summed E-state index contributed by atoms with van der Waals surface area (Å²) in [5.41, 5.74) is 3.09. The van der Waals surface area contributed by atoms with Gasteiger partial charge >= 0.3 is 0 Å². The number of carbonyl (C=O) groups excluding carboxylic acids is 2. The zero-order chi connectivity index (χ0) is 16.0. The van der Waals surface area contributed by atoms with Gasteiger partial charge in [-0.05, 0) is 12.1 Å². The first-order valence-electron chi connectivity index (χ1n) is 7.15. The Balaban J connectivity index is 1.95. The van der Waals surface area contributed by atoms with Crippen molar-refractivity contribution in [2.45, 2.75) is 5.16 Å². The SMILES string of the molecule is C=CCSc1nc2ccc3c(c2[nH]1)C(=O)c1ccccc1C3=O. The van der Waals surface area contributed by atoms with E-state index in [0.29, 0.717) is 38.4 Å². The summed E-state index contributed by atoms with van der Waals surface area (Å²) in [4.78, 5) is 33.2. The van der Waals surface area contributed by atoms with Crippen LogP contribution in [0.4, 0.5) is 0 Å². The summed E-state index contributed by atoms with van der Waals surface area (Å²) in [6.45, 7) is 3.69. The first kappa shape index (κ1) is 14.0. The number of rotatable bonds is 3. The van der Waals surface area contributed by atoms with Gasteiger partial charge in [-0.25, -0.2) is 4.98 Å². The number of H-pyrrole nitrogens is 1. The van der Waals surface area contributed by atoms with Crippen molar-refractivity contribution in [3.05, 3.63) is 71.3 Å². The van der Waals surface area contributed by atoms with Crippen molar-refractivity contribution < 1.29 is 9.59 Å². The third-order valence-corrected chi connectivity index (χ3v) is 4.73. The lowest BCUT2D eigenvalue weighted by molar-refractivity contribution is 0.0980. The van der Waals surface area contributed by atoms with Gasteiger partial charge in [-0.1, -0.05) is 42.1 Å². The van der Waals surface area contributed by atoms with Crippen LogP contribution in [-0.4, -0.2) is 27.3 Å². The molecule has 0 saturated carbocycles. The van der Waals surface area contributed by atoms with E-state index in [9.17, 15) is 9.59 Å². The fourth-order valence-corrected chi connectivity index (χ4v) is 3.46. The van der Waals surface area contributed by atoms with Crippen molar-refractivity contribution in [1.82, 2.24) is 9.97 Å². The smallest absolute Gasteiger partial charge is 0.196 e. The summed E-state index contributed by atoms with van der Waals surface area (Å²) < 4.78 is 0. The molecule has 4 nitrogen and oxygen atoms in total. The molecule has 0 bridgehead atoms. The van der Waals surface area contributed by atoms with Crippen LogP contribution in [0.2, 0.25) is 0 Å². The van der Waals surface area contributed by atoms with Gasteiger partial charge < -0.3 is 4.98 Å². The number of aromatic nitrogens is 2. The molecule has 0 aliphatic heterocycles.